The minimum atomic E-state index is -0.283. The molecule has 22 heavy (non-hydrogen) atoms. The van der Waals surface area contributed by atoms with Gasteiger partial charge in [0.2, 0.25) is 5.91 Å². The van der Waals surface area contributed by atoms with Crippen LogP contribution in [0.4, 0.5) is 0 Å². The number of hydrogen-bond acceptors (Lipinski definition) is 1. The van der Waals surface area contributed by atoms with E-state index in [-0.39, 0.29) is 22.9 Å². The minimum absolute atomic E-state index is 0.0647. The van der Waals surface area contributed by atoms with Crippen molar-refractivity contribution in [3.05, 3.63) is 71.8 Å². The van der Waals surface area contributed by atoms with Crippen LogP contribution >= 0.6 is 0 Å². The number of carbonyl (C=O) groups excluding carboxylic acids is 1. The summed E-state index contributed by atoms with van der Waals surface area (Å²) in [6, 6.07) is 20.5. The Morgan fingerprint density at radius 1 is 0.773 bits per heavy atom. The number of nitrogens with zero attached hydrogens (tertiary/aromatic N) is 1. The van der Waals surface area contributed by atoms with Crippen LogP contribution in [0.15, 0.2) is 60.7 Å². The van der Waals surface area contributed by atoms with Gasteiger partial charge in [0.1, 0.15) is 6.04 Å². The standard InChI is InChI=1S/C20H23NO/c1-19(2,15-11-7-5-8-12-15)17-18(22)21(17)20(3,4)16-13-9-6-10-14-16/h5-14,17H,1-4H3. The van der Waals surface area contributed by atoms with Crippen molar-refractivity contribution in [3.8, 4) is 0 Å². The molecule has 0 N–H and O–H groups in total. The molecule has 1 amide bonds. The fraction of sp³-hybridized carbons (Fsp3) is 0.350. The van der Waals surface area contributed by atoms with Crippen LogP contribution in [-0.4, -0.2) is 16.8 Å². The first-order valence-electron chi connectivity index (χ1n) is 7.81. The van der Waals surface area contributed by atoms with Gasteiger partial charge in [0, 0.05) is 5.41 Å². The first kappa shape index (κ1) is 14.8. The van der Waals surface area contributed by atoms with E-state index >= 15 is 0 Å². The molecular formula is C20H23NO. The molecule has 0 radical (unpaired) electrons. The first-order valence-corrected chi connectivity index (χ1v) is 7.81. The Morgan fingerprint density at radius 3 is 1.73 bits per heavy atom. The summed E-state index contributed by atoms with van der Waals surface area (Å²) in [6.45, 7) is 8.57. The van der Waals surface area contributed by atoms with Crippen LogP contribution in [0.5, 0.6) is 0 Å². The molecule has 0 spiro atoms. The Kier molecular flexibility index (Phi) is 3.36. The highest BCUT2D eigenvalue weighted by Crippen LogP contribution is 2.47. The van der Waals surface area contributed by atoms with Gasteiger partial charge < -0.3 is 4.90 Å². The number of benzene rings is 2. The van der Waals surface area contributed by atoms with Gasteiger partial charge in [-0.15, -0.1) is 0 Å². The molecule has 2 nitrogen and oxygen atoms in total. The Labute approximate surface area is 132 Å². The van der Waals surface area contributed by atoms with E-state index in [0.717, 1.165) is 0 Å². The number of amides is 1. The van der Waals surface area contributed by atoms with Crippen molar-refractivity contribution in [2.24, 2.45) is 0 Å². The van der Waals surface area contributed by atoms with E-state index in [1.807, 2.05) is 41.3 Å². The molecule has 1 aliphatic rings. The van der Waals surface area contributed by atoms with E-state index in [0.29, 0.717) is 0 Å². The second-order valence-electron chi connectivity index (χ2n) is 7.12. The third kappa shape index (κ3) is 2.23. The first-order chi connectivity index (χ1) is 10.4. The monoisotopic (exact) mass is 293 g/mol. The normalized spacial score (nSPS) is 18.5. The summed E-state index contributed by atoms with van der Waals surface area (Å²) in [6.07, 6.45) is 0. The smallest absolute Gasteiger partial charge is 0.247 e. The molecular weight excluding hydrogens is 270 g/mol. The van der Waals surface area contributed by atoms with Crippen molar-refractivity contribution in [2.75, 3.05) is 0 Å². The van der Waals surface area contributed by atoms with Crippen molar-refractivity contribution in [1.82, 2.24) is 4.90 Å². The molecule has 0 aliphatic carbocycles. The van der Waals surface area contributed by atoms with Crippen molar-refractivity contribution in [2.45, 2.75) is 44.7 Å². The summed E-state index contributed by atoms with van der Waals surface area (Å²) < 4.78 is 0. The third-order valence-electron chi connectivity index (χ3n) is 4.95. The average molecular weight is 293 g/mol. The minimum Gasteiger partial charge on any atom is -0.319 e. The maximum absolute atomic E-state index is 12.6. The molecule has 1 saturated heterocycles. The van der Waals surface area contributed by atoms with Crippen molar-refractivity contribution in [3.63, 3.8) is 0 Å². The number of carbonyl (C=O) groups is 1. The Morgan fingerprint density at radius 2 is 1.23 bits per heavy atom. The lowest BCUT2D eigenvalue weighted by Crippen LogP contribution is -2.35. The van der Waals surface area contributed by atoms with Crippen LogP contribution in [0.1, 0.15) is 38.8 Å². The highest BCUT2D eigenvalue weighted by Gasteiger charge is 2.60. The van der Waals surface area contributed by atoms with E-state index < -0.39 is 0 Å². The molecule has 1 aliphatic heterocycles. The molecule has 1 atom stereocenters. The lowest BCUT2D eigenvalue weighted by atomic mass is 9.80. The van der Waals surface area contributed by atoms with Crippen molar-refractivity contribution >= 4 is 5.91 Å². The summed E-state index contributed by atoms with van der Waals surface area (Å²) in [5, 5.41) is 0. The zero-order chi connectivity index (χ0) is 16.0. The van der Waals surface area contributed by atoms with Crippen LogP contribution in [0.3, 0.4) is 0 Å². The Hall–Kier alpha value is -2.09. The molecule has 2 aromatic rings. The SMILES string of the molecule is CC(C)(c1ccccc1)C1C(=O)N1C(C)(C)c1ccccc1. The van der Waals surface area contributed by atoms with E-state index in [4.69, 9.17) is 0 Å². The molecule has 114 valence electrons. The fourth-order valence-electron chi connectivity index (χ4n) is 3.42. The van der Waals surface area contributed by atoms with E-state index in [9.17, 15) is 4.79 Å². The van der Waals surface area contributed by atoms with Gasteiger partial charge in [-0.3, -0.25) is 4.79 Å². The molecule has 2 heteroatoms. The maximum atomic E-state index is 12.6. The molecule has 0 aromatic heterocycles. The summed E-state index contributed by atoms with van der Waals surface area (Å²) in [4.78, 5) is 14.6. The van der Waals surface area contributed by atoms with Gasteiger partial charge in [-0.05, 0) is 25.0 Å². The highest BCUT2D eigenvalue weighted by atomic mass is 16.2. The molecule has 0 bridgehead atoms. The fourth-order valence-corrected chi connectivity index (χ4v) is 3.42. The molecule has 3 rings (SSSR count). The molecule has 0 saturated carbocycles. The van der Waals surface area contributed by atoms with Gasteiger partial charge in [0.15, 0.2) is 0 Å². The van der Waals surface area contributed by atoms with Crippen LogP contribution in [-0.2, 0) is 15.7 Å². The lowest BCUT2D eigenvalue weighted by Gasteiger charge is -2.32. The zero-order valence-electron chi connectivity index (χ0n) is 13.7. The second-order valence-corrected chi connectivity index (χ2v) is 7.12. The summed E-state index contributed by atoms with van der Waals surface area (Å²) in [5.74, 6) is 0.239. The predicted molar refractivity (Wildman–Crippen MR) is 89.6 cm³/mol. The number of rotatable bonds is 4. The largest absolute Gasteiger partial charge is 0.319 e. The van der Waals surface area contributed by atoms with Gasteiger partial charge in [-0.1, -0.05) is 74.5 Å². The van der Waals surface area contributed by atoms with Gasteiger partial charge in [-0.2, -0.15) is 0 Å². The quantitative estimate of drug-likeness (QED) is 0.777. The molecule has 1 heterocycles. The molecule has 1 fully saturated rings. The van der Waals surface area contributed by atoms with Crippen LogP contribution in [0, 0.1) is 0 Å². The summed E-state index contributed by atoms with van der Waals surface area (Å²) >= 11 is 0. The molecule has 1 unspecified atom stereocenters. The topological polar surface area (TPSA) is 20.1 Å². The Balaban J connectivity index is 1.91. The van der Waals surface area contributed by atoms with E-state index in [1.165, 1.54) is 11.1 Å². The summed E-state index contributed by atoms with van der Waals surface area (Å²) in [5.41, 5.74) is 1.91. The Bertz CT molecular complexity index is 614. The third-order valence-corrected chi connectivity index (χ3v) is 4.95. The van der Waals surface area contributed by atoms with Crippen LogP contribution in [0.2, 0.25) is 0 Å². The van der Waals surface area contributed by atoms with Crippen molar-refractivity contribution < 1.29 is 4.79 Å². The van der Waals surface area contributed by atoms with Crippen LogP contribution < -0.4 is 0 Å². The van der Waals surface area contributed by atoms with E-state index in [2.05, 4.69) is 52.0 Å². The van der Waals surface area contributed by atoms with Gasteiger partial charge in [0.05, 0.1) is 5.54 Å². The highest BCUT2D eigenvalue weighted by molar-refractivity contribution is 5.99. The number of hydrogen-bond donors (Lipinski definition) is 0. The summed E-state index contributed by atoms with van der Waals surface area (Å²) in [7, 11) is 0. The van der Waals surface area contributed by atoms with Gasteiger partial charge in [0.25, 0.3) is 0 Å². The van der Waals surface area contributed by atoms with E-state index in [1.54, 1.807) is 0 Å². The van der Waals surface area contributed by atoms with Crippen LogP contribution in [0.25, 0.3) is 0 Å². The maximum Gasteiger partial charge on any atom is 0.247 e. The lowest BCUT2D eigenvalue weighted by molar-refractivity contribution is -0.115. The van der Waals surface area contributed by atoms with Gasteiger partial charge in [-0.25, -0.2) is 0 Å². The molecule has 2 aromatic carbocycles. The zero-order valence-corrected chi connectivity index (χ0v) is 13.7. The van der Waals surface area contributed by atoms with Crippen molar-refractivity contribution in [1.29, 1.82) is 0 Å². The van der Waals surface area contributed by atoms with Gasteiger partial charge >= 0.3 is 0 Å². The average Bonchev–Trinajstić information content (AvgIpc) is 3.22. The predicted octanol–water partition coefficient (Wildman–Crippen LogP) is 4.11. The second kappa shape index (κ2) is 4.98.